The van der Waals surface area contributed by atoms with Gasteiger partial charge >= 0.3 is 0 Å². The van der Waals surface area contributed by atoms with Gasteiger partial charge in [-0.05, 0) is 26.0 Å². The van der Waals surface area contributed by atoms with Crippen LogP contribution in [0.4, 0.5) is 0 Å². The van der Waals surface area contributed by atoms with E-state index >= 15 is 0 Å². The van der Waals surface area contributed by atoms with E-state index in [9.17, 15) is 9.59 Å². The molecule has 156 valence electrons. The number of aromatic nitrogens is 2. The molecule has 6 rings (SSSR count). The molecule has 0 amide bonds. The molecular formula is C27H20N2O3. The molecule has 0 bridgehead atoms. The first-order valence-electron chi connectivity index (χ1n) is 10.7. The van der Waals surface area contributed by atoms with Gasteiger partial charge in [0.1, 0.15) is 22.4 Å². The number of benzene rings is 3. The largest absolute Gasteiger partial charge is 0.449 e. The number of furan rings is 1. The monoisotopic (exact) mass is 420 g/mol. The number of hydrogen-bond donors (Lipinski definition) is 0. The van der Waals surface area contributed by atoms with Crippen LogP contribution in [0, 0.1) is 6.92 Å². The fraction of sp³-hybridized carbons (Fsp3) is 0.111. The minimum absolute atomic E-state index is 0.0888. The summed E-state index contributed by atoms with van der Waals surface area (Å²) in [6, 6.07) is 22.9. The van der Waals surface area contributed by atoms with Crippen LogP contribution in [0.1, 0.15) is 28.5 Å². The Morgan fingerprint density at radius 3 is 2.25 bits per heavy atom. The van der Waals surface area contributed by atoms with E-state index < -0.39 is 0 Å². The van der Waals surface area contributed by atoms with Gasteiger partial charge in [0, 0.05) is 28.3 Å². The zero-order valence-electron chi connectivity index (χ0n) is 17.8. The number of fused-ring (bicyclic) bond motifs is 7. The van der Waals surface area contributed by atoms with Gasteiger partial charge in [-0.25, -0.2) is 0 Å². The molecule has 5 heteroatoms. The highest BCUT2D eigenvalue weighted by Crippen LogP contribution is 2.35. The van der Waals surface area contributed by atoms with Crippen molar-refractivity contribution in [2.75, 3.05) is 0 Å². The number of hydrogen-bond acceptors (Lipinski definition) is 3. The van der Waals surface area contributed by atoms with E-state index in [-0.39, 0.29) is 16.9 Å². The van der Waals surface area contributed by atoms with Crippen molar-refractivity contribution in [1.29, 1.82) is 0 Å². The second-order valence-corrected chi connectivity index (χ2v) is 8.07. The van der Waals surface area contributed by atoms with Gasteiger partial charge in [-0.2, -0.15) is 0 Å². The molecule has 0 fully saturated rings. The van der Waals surface area contributed by atoms with Crippen LogP contribution in [0.15, 0.2) is 82.0 Å². The molecule has 0 aliphatic carbocycles. The first-order valence-corrected chi connectivity index (χ1v) is 10.7. The molecule has 0 aliphatic heterocycles. The quantitative estimate of drug-likeness (QED) is 0.345. The summed E-state index contributed by atoms with van der Waals surface area (Å²) in [7, 11) is 0. The number of carbonyl (C=O) groups excluding carboxylic acids is 1. The van der Waals surface area contributed by atoms with E-state index in [1.54, 1.807) is 4.57 Å². The number of nitrogens with zero attached hydrogens (tertiary/aromatic N) is 2. The first kappa shape index (κ1) is 18.6. The number of para-hydroxylation sites is 1. The number of aryl methyl sites for hydroxylation is 2. The van der Waals surface area contributed by atoms with Gasteiger partial charge in [-0.15, -0.1) is 0 Å². The number of carbonyl (C=O) groups is 1. The zero-order chi connectivity index (χ0) is 22.0. The van der Waals surface area contributed by atoms with E-state index in [2.05, 4.69) is 0 Å². The lowest BCUT2D eigenvalue weighted by atomic mass is 10.0. The van der Waals surface area contributed by atoms with E-state index in [0.29, 0.717) is 34.5 Å². The van der Waals surface area contributed by atoms with Crippen LogP contribution in [0.2, 0.25) is 0 Å². The summed E-state index contributed by atoms with van der Waals surface area (Å²) in [6.45, 7) is 4.39. The van der Waals surface area contributed by atoms with Gasteiger partial charge in [0.2, 0.25) is 11.4 Å². The Kier molecular flexibility index (Phi) is 3.89. The third-order valence-corrected chi connectivity index (χ3v) is 6.19. The molecule has 6 aromatic rings. The van der Waals surface area contributed by atoms with Crippen molar-refractivity contribution >= 4 is 44.3 Å². The Balaban J connectivity index is 1.90. The molecule has 0 saturated heterocycles. The molecule has 0 spiro atoms. The van der Waals surface area contributed by atoms with Crippen LogP contribution in [-0.4, -0.2) is 14.8 Å². The Bertz CT molecular complexity index is 1750. The molecule has 0 N–H and O–H groups in total. The van der Waals surface area contributed by atoms with Crippen molar-refractivity contribution in [2.24, 2.45) is 0 Å². The second-order valence-electron chi connectivity index (χ2n) is 8.07. The molecule has 5 nitrogen and oxygen atoms in total. The summed E-state index contributed by atoms with van der Waals surface area (Å²) in [6.07, 6.45) is 0. The van der Waals surface area contributed by atoms with Gasteiger partial charge in [-0.3, -0.25) is 18.6 Å². The van der Waals surface area contributed by atoms with Gasteiger partial charge < -0.3 is 4.42 Å². The first-order chi connectivity index (χ1) is 15.6. The molecule has 0 aliphatic rings. The second kappa shape index (κ2) is 6.69. The standard InChI is InChI=1S/C27H20N2O3/c1-3-28-26-19-9-5-4-8-18(19)22(24(30)17-14-12-16(2)13-15-17)29(26)23-20-10-6-7-11-21(20)32-25(23)27(28)31/h4-15H,3H2,1-2H3. The van der Waals surface area contributed by atoms with Crippen LogP contribution in [0.25, 0.3) is 38.5 Å². The minimum Gasteiger partial charge on any atom is -0.449 e. The summed E-state index contributed by atoms with van der Waals surface area (Å²) in [5.41, 5.74) is 4.28. The lowest BCUT2D eigenvalue weighted by Crippen LogP contribution is -2.22. The molecule has 0 radical (unpaired) electrons. The van der Waals surface area contributed by atoms with E-state index in [4.69, 9.17) is 4.42 Å². The topological polar surface area (TPSA) is 56.6 Å². The van der Waals surface area contributed by atoms with Crippen LogP contribution >= 0.6 is 0 Å². The molecular weight excluding hydrogens is 400 g/mol. The minimum atomic E-state index is -0.191. The van der Waals surface area contributed by atoms with Crippen LogP contribution in [-0.2, 0) is 6.54 Å². The molecule has 3 heterocycles. The summed E-state index contributed by atoms with van der Waals surface area (Å²) in [4.78, 5) is 27.3. The van der Waals surface area contributed by atoms with Gasteiger partial charge in [-0.1, -0.05) is 66.2 Å². The average Bonchev–Trinajstić information content (AvgIpc) is 3.36. The SMILES string of the molecule is CCn1c(=O)c2oc3ccccc3c2n2c(C(=O)c3ccc(C)cc3)c3ccccc3c12. The van der Waals surface area contributed by atoms with Crippen molar-refractivity contribution in [3.63, 3.8) is 0 Å². The highest BCUT2D eigenvalue weighted by atomic mass is 16.3. The molecule has 0 saturated carbocycles. The number of rotatable bonds is 3. The van der Waals surface area contributed by atoms with E-state index in [1.165, 1.54) is 0 Å². The van der Waals surface area contributed by atoms with Crippen molar-refractivity contribution < 1.29 is 9.21 Å². The number of ketones is 1. The summed E-state index contributed by atoms with van der Waals surface area (Å²) in [5.74, 6) is -0.0888. The summed E-state index contributed by atoms with van der Waals surface area (Å²) in [5, 5.41) is 2.50. The smallest absolute Gasteiger partial charge is 0.297 e. The molecule has 3 aromatic heterocycles. The van der Waals surface area contributed by atoms with Crippen LogP contribution in [0.5, 0.6) is 0 Å². The third kappa shape index (κ3) is 2.39. The Morgan fingerprint density at radius 1 is 0.875 bits per heavy atom. The van der Waals surface area contributed by atoms with Crippen LogP contribution in [0.3, 0.4) is 0 Å². The maximum atomic E-state index is 13.9. The van der Waals surface area contributed by atoms with Crippen molar-refractivity contribution in [1.82, 2.24) is 8.97 Å². The molecule has 0 atom stereocenters. The lowest BCUT2D eigenvalue weighted by molar-refractivity contribution is 0.103. The Hall–Kier alpha value is -4.12. The predicted molar refractivity (Wildman–Crippen MR) is 127 cm³/mol. The fourth-order valence-electron chi connectivity index (χ4n) is 4.69. The van der Waals surface area contributed by atoms with Crippen molar-refractivity contribution in [3.05, 3.63) is 100.0 Å². The molecule has 3 aromatic carbocycles. The summed E-state index contributed by atoms with van der Waals surface area (Å²) < 4.78 is 9.64. The van der Waals surface area contributed by atoms with Gasteiger partial charge in [0.15, 0.2) is 0 Å². The van der Waals surface area contributed by atoms with Crippen LogP contribution < -0.4 is 5.56 Å². The molecule has 0 unspecified atom stereocenters. The maximum Gasteiger partial charge on any atom is 0.297 e. The average molecular weight is 420 g/mol. The Morgan fingerprint density at radius 2 is 1.53 bits per heavy atom. The van der Waals surface area contributed by atoms with Gasteiger partial charge in [0.05, 0.1) is 0 Å². The normalized spacial score (nSPS) is 11.8. The highest BCUT2D eigenvalue weighted by molar-refractivity contribution is 6.20. The Labute approximate surface area is 183 Å². The van der Waals surface area contributed by atoms with Crippen molar-refractivity contribution in [2.45, 2.75) is 20.4 Å². The predicted octanol–water partition coefficient (Wildman–Crippen LogP) is 5.71. The summed E-state index contributed by atoms with van der Waals surface area (Å²) >= 11 is 0. The molecule has 32 heavy (non-hydrogen) atoms. The highest BCUT2D eigenvalue weighted by Gasteiger charge is 2.26. The van der Waals surface area contributed by atoms with E-state index in [0.717, 1.165) is 21.7 Å². The zero-order valence-corrected chi connectivity index (χ0v) is 17.8. The lowest BCUT2D eigenvalue weighted by Gasteiger charge is -2.10. The van der Waals surface area contributed by atoms with Crippen molar-refractivity contribution in [3.8, 4) is 0 Å². The fourth-order valence-corrected chi connectivity index (χ4v) is 4.69. The van der Waals surface area contributed by atoms with Gasteiger partial charge in [0.25, 0.3) is 5.56 Å². The maximum absolute atomic E-state index is 13.9. The third-order valence-electron chi connectivity index (χ3n) is 6.19. The van der Waals surface area contributed by atoms with E-state index in [1.807, 2.05) is 91.0 Å².